The maximum absolute atomic E-state index is 10.0. The van der Waals surface area contributed by atoms with Gasteiger partial charge in [0.15, 0.2) is 0 Å². The van der Waals surface area contributed by atoms with Crippen LogP contribution in [0.5, 0.6) is 0 Å². The first kappa shape index (κ1) is 8.89. The Hall–Kier alpha value is -0.113. The Labute approximate surface area is 59.0 Å². The van der Waals surface area contributed by atoms with E-state index in [2.05, 4.69) is 10.8 Å². The van der Waals surface area contributed by atoms with Crippen molar-refractivity contribution in [1.29, 1.82) is 0 Å². The van der Waals surface area contributed by atoms with Gasteiger partial charge in [-0.2, -0.15) is 0 Å². The summed E-state index contributed by atoms with van der Waals surface area (Å²) in [7, 11) is -1.43. The zero-order chi connectivity index (χ0) is 7.49. The third-order valence-corrected chi connectivity index (χ3v) is 1.85. The molecule has 0 saturated heterocycles. The van der Waals surface area contributed by atoms with Crippen molar-refractivity contribution in [3.05, 3.63) is 0 Å². The van der Waals surface area contributed by atoms with Crippen LogP contribution in [0.2, 0.25) is 19.6 Å². The molecule has 0 aromatic carbocycles. The largest absolute Gasteiger partial charge is 0.296 e. The number of hydrogen-bond donors (Lipinski definition) is 1. The lowest BCUT2D eigenvalue weighted by Gasteiger charge is -2.01. The van der Waals surface area contributed by atoms with E-state index in [1.807, 2.05) is 19.6 Å². The second-order valence-corrected chi connectivity index (χ2v) is 8.18. The second-order valence-electron chi connectivity index (χ2n) is 2.73. The predicted octanol–water partition coefficient (Wildman–Crippen LogP) is 1.05. The summed E-state index contributed by atoms with van der Waals surface area (Å²) in [5.74, 6) is 0. The van der Waals surface area contributed by atoms with E-state index in [9.17, 15) is 4.21 Å². The molecule has 0 aromatic heterocycles. The Kier molecular flexibility index (Phi) is 3.12. The Bertz CT molecular complexity index is 172. The van der Waals surface area contributed by atoms with Gasteiger partial charge in [-0.15, -0.1) is 5.54 Å². The first-order valence-corrected chi connectivity index (χ1v) is 7.16. The van der Waals surface area contributed by atoms with E-state index < -0.39 is 19.2 Å². The molecule has 1 N–H and O–H groups in total. The molecule has 1 atom stereocenters. The van der Waals surface area contributed by atoms with Gasteiger partial charge >= 0.3 is 0 Å². The number of hydrogen-bond acceptors (Lipinski definition) is 1. The maximum atomic E-state index is 10.0. The fourth-order valence-electron chi connectivity index (χ4n) is 0.197. The summed E-state index contributed by atoms with van der Waals surface area (Å²) in [6.45, 7) is 6.06. The van der Waals surface area contributed by atoms with Crippen molar-refractivity contribution in [2.24, 2.45) is 0 Å². The monoisotopic (exact) mass is 162 g/mol. The van der Waals surface area contributed by atoms with E-state index in [1.165, 1.54) is 0 Å². The lowest BCUT2D eigenvalue weighted by atomic mass is 11.4. The van der Waals surface area contributed by atoms with E-state index in [0.717, 1.165) is 0 Å². The lowest BCUT2D eigenvalue weighted by Crippen LogP contribution is -2.16. The fraction of sp³-hybridized carbons (Fsp3) is 0.600. The zero-order valence-corrected chi connectivity index (χ0v) is 7.58. The van der Waals surface area contributed by atoms with Crippen LogP contribution in [0.25, 0.3) is 0 Å². The van der Waals surface area contributed by atoms with Gasteiger partial charge in [0.2, 0.25) is 11.1 Å². The average molecular weight is 162 g/mol. The van der Waals surface area contributed by atoms with Crippen LogP contribution in [0.4, 0.5) is 0 Å². The maximum Gasteiger partial charge on any atom is 0.233 e. The standard InChI is InChI=1S/C5H10O2SSi/c1-9(2,3)5-4-8(6)7/h1-3H3,(H,6,7). The quantitative estimate of drug-likeness (QED) is 0.328. The smallest absolute Gasteiger partial charge is 0.233 e. The molecule has 52 valence electrons. The van der Waals surface area contributed by atoms with Crippen molar-refractivity contribution in [3.8, 4) is 10.8 Å². The average Bonchev–Trinajstić information content (AvgIpc) is 1.59. The summed E-state index contributed by atoms with van der Waals surface area (Å²) in [6.07, 6.45) is 0. The molecule has 9 heavy (non-hydrogen) atoms. The van der Waals surface area contributed by atoms with E-state index in [-0.39, 0.29) is 0 Å². The van der Waals surface area contributed by atoms with Crippen molar-refractivity contribution < 1.29 is 8.76 Å². The second kappa shape index (κ2) is 3.16. The van der Waals surface area contributed by atoms with Gasteiger partial charge in [-0.1, -0.05) is 19.6 Å². The van der Waals surface area contributed by atoms with Crippen LogP contribution in [-0.4, -0.2) is 16.8 Å². The third kappa shape index (κ3) is 7.89. The van der Waals surface area contributed by atoms with Gasteiger partial charge in [-0.05, 0) is 0 Å². The first-order valence-electron chi connectivity index (χ1n) is 2.55. The van der Waals surface area contributed by atoms with Crippen LogP contribution in [-0.2, 0) is 11.1 Å². The highest BCUT2D eigenvalue weighted by Crippen LogP contribution is 1.95. The summed E-state index contributed by atoms with van der Waals surface area (Å²) in [6, 6.07) is 0. The van der Waals surface area contributed by atoms with Crippen molar-refractivity contribution in [3.63, 3.8) is 0 Å². The molecule has 0 aliphatic heterocycles. The van der Waals surface area contributed by atoms with Crippen LogP contribution < -0.4 is 0 Å². The first-order chi connectivity index (χ1) is 3.92. The zero-order valence-electron chi connectivity index (χ0n) is 5.76. The number of rotatable bonds is 0. The van der Waals surface area contributed by atoms with Gasteiger partial charge in [0, 0.05) is 5.25 Å². The molecule has 0 aliphatic carbocycles. The Balaban J connectivity index is 4.04. The van der Waals surface area contributed by atoms with Gasteiger partial charge in [0.05, 0.1) is 0 Å². The minimum Gasteiger partial charge on any atom is -0.296 e. The molecule has 0 radical (unpaired) electrons. The van der Waals surface area contributed by atoms with Crippen LogP contribution in [0.1, 0.15) is 0 Å². The van der Waals surface area contributed by atoms with Crippen molar-refractivity contribution in [2.75, 3.05) is 0 Å². The summed E-state index contributed by atoms with van der Waals surface area (Å²) in [4.78, 5) is 0. The van der Waals surface area contributed by atoms with Crippen molar-refractivity contribution >= 4 is 19.2 Å². The molecule has 0 aliphatic rings. The highest BCUT2D eigenvalue weighted by molar-refractivity contribution is 7.84. The van der Waals surface area contributed by atoms with E-state index in [0.29, 0.717) is 0 Å². The third-order valence-electron chi connectivity index (χ3n) is 0.513. The fourth-order valence-corrected chi connectivity index (χ4v) is 1.77. The summed E-state index contributed by atoms with van der Waals surface area (Å²) < 4.78 is 18.2. The Morgan fingerprint density at radius 1 is 1.44 bits per heavy atom. The Morgan fingerprint density at radius 2 is 1.89 bits per heavy atom. The molecule has 0 fully saturated rings. The molecule has 0 bridgehead atoms. The molecule has 1 unspecified atom stereocenters. The van der Waals surface area contributed by atoms with Gasteiger partial charge in [-0.3, -0.25) is 4.55 Å². The van der Waals surface area contributed by atoms with Gasteiger partial charge in [0.25, 0.3) is 0 Å². The molecular weight excluding hydrogens is 152 g/mol. The van der Waals surface area contributed by atoms with Gasteiger partial charge in [0.1, 0.15) is 8.07 Å². The van der Waals surface area contributed by atoms with Crippen LogP contribution in [0, 0.1) is 10.8 Å². The molecule has 0 rings (SSSR count). The van der Waals surface area contributed by atoms with Crippen molar-refractivity contribution in [1.82, 2.24) is 0 Å². The molecule has 4 heteroatoms. The molecule has 0 saturated carbocycles. The van der Waals surface area contributed by atoms with Crippen molar-refractivity contribution in [2.45, 2.75) is 19.6 Å². The van der Waals surface area contributed by atoms with E-state index in [4.69, 9.17) is 4.55 Å². The van der Waals surface area contributed by atoms with Gasteiger partial charge < -0.3 is 0 Å². The molecular formula is C5H10O2SSi. The molecule has 2 nitrogen and oxygen atoms in total. The van der Waals surface area contributed by atoms with Gasteiger partial charge in [-0.25, -0.2) is 4.21 Å². The predicted molar refractivity (Wildman–Crippen MR) is 41.9 cm³/mol. The molecule has 0 heterocycles. The molecule has 0 spiro atoms. The highest BCUT2D eigenvalue weighted by Gasteiger charge is 2.07. The normalized spacial score (nSPS) is 13.8. The highest BCUT2D eigenvalue weighted by atomic mass is 32.2. The van der Waals surface area contributed by atoms with Crippen LogP contribution >= 0.6 is 0 Å². The topological polar surface area (TPSA) is 37.3 Å². The summed E-state index contributed by atoms with van der Waals surface area (Å²) in [5, 5.41) is 2.22. The molecule has 0 aromatic rings. The minimum atomic E-state index is -1.94. The minimum absolute atomic E-state index is 1.43. The van der Waals surface area contributed by atoms with E-state index in [1.54, 1.807) is 0 Å². The molecule has 0 amide bonds. The summed E-state index contributed by atoms with van der Waals surface area (Å²) in [5.41, 5.74) is 2.76. The summed E-state index contributed by atoms with van der Waals surface area (Å²) >= 11 is -1.94. The Morgan fingerprint density at radius 3 is 2.00 bits per heavy atom. The van der Waals surface area contributed by atoms with Crippen LogP contribution in [0.15, 0.2) is 0 Å². The SMILES string of the molecule is C[Si](C)(C)C#CS(=O)O. The lowest BCUT2D eigenvalue weighted by molar-refractivity contribution is 0.576. The van der Waals surface area contributed by atoms with Crippen LogP contribution in [0.3, 0.4) is 0 Å². The van der Waals surface area contributed by atoms with E-state index >= 15 is 0 Å².